The first-order valence-electron chi connectivity index (χ1n) is 7.93. The van der Waals surface area contributed by atoms with Crippen molar-refractivity contribution in [2.45, 2.75) is 6.42 Å². The highest BCUT2D eigenvalue weighted by atomic mass is 32.2. The fourth-order valence-electron chi connectivity index (χ4n) is 3.13. The largest absolute Gasteiger partial charge is 0.493 e. The van der Waals surface area contributed by atoms with Crippen LogP contribution < -0.4 is 24.2 Å². The first-order valence-corrected chi connectivity index (χ1v) is 9.48. The molecule has 2 heterocycles. The Balaban J connectivity index is 1.73. The number of hydrogen-bond acceptors (Lipinski definition) is 6. The van der Waals surface area contributed by atoms with Gasteiger partial charge >= 0.3 is 0 Å². The third kappa shape index (κ3) is 3.65. The van der Waals surface area contributed by atoms with Crippen LogP contribution in [0.3, 0.4) is 0 Å². The summed E-state index contributed by atoms with van der Waals surface area (Å²) in [6.45, 7) is 2.00. The molecule has 0 bridgehead atoms. The van der Waals surface area contributed by atoms with Crippen molar-refractivity contribution < 1.29 is 17.9 Å². The topological polar surface area (TPSA) is 112 Å². The Morgan fingerprint density at radius 2 is 1.92 bits per heavy atom. The van der Waals surface area contributed by atoms with E-state index in [1.165, 1.54) is 0 Å². The molecule has 1 aliphatic rings. The Kier molecular flexibility index (Phi) is 4.76. The van der Waals surface area contributed by atoms with Gasteiger partial charge in [-0.15, -0.1) is 0 Å². The van der Waals surface area contributed by atoms with Gasteiger partial charge in [-0.1, -0.05) is 0 Å². The molecular weight excluding hydrogens is 346 g/mol. The van der Waals surface area contributed by atoms with E-state index in [2.05, 4.69) is 14.7 Å². The lowest BCUT2D eigenvalue weighted by atomic mass is 9.96. The molecule has 10 heteroatoms. The molecule has 2 aromatic rings. The number of fused-ring (bicyclic) bond motifs is 1. The minimum atomic E-state index is -3.61. The van der Waals surface area contributed by atoms with Crippen molar-refractivity contribution in [3.8, 4) is 11.5 Å². The Bertz CT molecular complexity index is 874. The molecule has 0 saturated carbocycles. The van der Waals surface area contributed by atoms with E-state index in [-0.39, 0.29) is 0 Å². The van der Waals surface area contributed by atoms with Gasteiger partial charge in [-0.3, -0.25) is 4.68 Å². The molecule has 1 aromatic heterocycles. The van der Waals surface area contributed by atoms with Gasteiger partial charge in [-0.05, 0) is 18.4 Å². The van der Waals surface area contributed by atoms with Gasteiger partial charge in [0.15, 0.2) is 17.3 Å². The van der Waals surface area contributed by atoms with Crippen LogP contribution >= 0.6 is 0 Å². The molecule has 3 N–H and O–H groups in total. The van der Waals surface area contributed by atoms with Crippen molar-refractivity contribution in [3.63, 3.8) is 0 Å². The van der Waals surface area contributed by atoms with Crippen LogP contribution in [0.5, 0.6) is 11.5 Å². The fraction of sp³-hybridized carbons (Fsp3) is 0.533. The average Bonchev–Trinajstić information content (AvgIpc) is 2.83. The molecule has 1 aromatic carbocycles. The maximum absolute atomic E-state index is 10.9. The number of nitrogens with zero attached hydrogens (tertiary/aromatic N) is 3. The smallest absolute Gasteiger partial charge is 0.274 e. The number of hydrogen-bond donors (Lipinski definition) is 2. The van der Waals surface area contributed by atoms with E-state index < -0.39 is 10.2 Å². The summed E-state index contributed by atoms with van der Waals surface area (Å²) in [4.78, 5) is 2.18. The van der Waals surface area contributed by atoms with Crippen LogP contribution in [0.4, 0.5) is 5.82 Å². The zero-order chi connectivity index (χ0) is 18.2. The van der Waals surface area contributed by atoms with E-state index in [1.807, 2.05) is 23.9 Å². The average molecular weight is 369 g/mol. The van der Waals surface area contributed by atoms with E-state index >= 15 is 0 Å². The highest BCUT2D eigenvalue weighted by Gasteiger charge is 2.30. The molecule has 0 radical (unpaired) electrons. The van der Waals surface area contributed by atoms with Crippen molar-refractivity contribution in [1.29, 1.82) is 0 Å². The maximum Gasteiger partial charge on any atom is 0.274 e. The minimum absolute atomic E-state index is 0.353. The first kappa shape index (κ1) is 17.8. The maximum atomic E-state index is 10.9. The summed E-state index contributed by atoms with van der Waals surface area (Å²) >= 11 is 0. The van der Waals surface area contributed by atoms with Gasteiger partial charge in [0.25, 0.3) is 10.2 Å². The lowest BCUT2D eigenvalue weighted by molar-refractivity contribution is 0.355. The molecule has 0 spiro atoms. The second kappa shape index (κ2) is 6.70. The summed E-state index contributed by atoms with van der Waals surface area (Å²) < 4.78 is 36.7. The Labute approximate surface area is 146 Å². The van der Waals surface area contributed by atoms with E-state index in [0.717, 1.165) is 36.2 Å². The van der Waals surface area contributed by atoms with Crippen LogP contribution in [0, 0.1) is 5.92 Å². The molecule has 25 heavy (non-hydrogen) atoms. The number of benzene rings is 1. The summed E-state index contributed by atoms with van der Waals surface area (Å²) in [5.41, 5.74) is 0.965. The van der Waals surface area contributed by atoms with Crippen LogP contribution in [-0.4, -0.2) is 52.1 Å². The zero-order valence-corrected chi connectivity index (χ0v) is 15.3. The minimum Gasteiger partial charge on any atom is -0.493 e. The number of rotatable bonds is 7. The van der Waals surface area contributed by atoms with E-state index in [9.17, 15) is 8.42 Å². The van der Waals surface area contributed by atoms with Crippen molar-refractivity contribution in [1.82, 2.24) is 14.5 Å². The lowest BCUT2D eigenvalue weighted by Gasteiger charge is -2.39. The molecule has 1 aliphatic heterocycles. The first-order chi connectivity index (χ1) is 11.8. The number of aryl methyl sites for hydroxylation is 1. The van der Waals surface area contributed by atoms with Crippen LogP contribution in [0.25, 0.3) is 10.9 Å². The van der Waals surface area contributed by atoms with Gasteiger partial charge in [0.2, 0.25) is 0 Å². The second-order valence-electron chi connectivity index (χ2n) is 6.17. The third-order valence-electron chi connectivity index (χ3n) is 4.45. The van der Waals surface area contributed by atoms with E-state index in [4.69, 9.17) is 14.6 Å². The summed E-state index contributed by atoms with van der Waals surface area (Å²) in [6.07, 6.45) is 0.745. The van der Waals surface area contributed by atoms with Gasteiger partial charge in [0, 0.05) is 38.1 Å². The standard InChI is InChI=1S/C15H23N5O4S/c1-19-12-7-14(24-3)13(23-2)6-11(12)15(18-19)20-8-10(9-20)4-5-17-25(16,21)22/h6-7,10,17H,4-5,8-9H2,1-3H3,(H2,16,21,22). The van der Waals surface area contributed by atoms with Gasteiger partial charge in [-0.25, -0.2) is 9.86 Å². The van der Waals surface area contributed by atoms with Crippen molar-refractivity contribution >= 4 is 26.9 Å². The predicted octanol–water partition coefficient (Wildman–Crippen LogP) is 0.210. The Morgan fingerprint density at radius 3 is 2.52 bits per heavy atom. The molecule has 1 saturated heterocycles. The Morgan fingerprint density at radius 1 is 1.28 bits per heavy atom. The molecule has 0 amide bonds. The van der Waals surface area contributed by atoms with Crippen molar-refractivity contribution in [2.75, 3.05) is 38.8 Å². The van der Waals surface area contributed by atoms with Crippen molar-refractivity contribution in [2.24, 2.45) is 18.1 Å². The number of anilines is 1. The highest BCUT2D eigenvalue weighted by molar-refractivity contribution is 7.87. The normalized spacial score (nSPS) is 15.4. The van der Waals surface area contributed by atoms with Crippen LogP contribution in [0.15, 0.2) is 12.1 Å². The molecule has 3 rings (SSSR count). The number of methoxy groups -OCH3 is 2. The summed E-state index contributed by atoms with van der Waals surface area (Å²) in [6, 6.07) is 3.85. The molecule has 0 aliphatic carbocycles. The van der Waals surface area contributed by atoms with Gasteiger partial charge in [0.1, 0.15) is 0 Å². The molecule has 138 valence electrons. The van der Waals surface area contributed by atoms with Crippen molar-refractivity contribution in [3.05, 3.63) is 12.1 Å². The number of aromatic nitrogens is 2. The van der Waals surface area contributed by atoms with Gasteiger partial charge < -0.3 is 14.4 Å². The SMILES string of the molecule is COc1cc2c(N3CC(CCNS(N)(=O)=O)C3)nn(C)c2cc1OC. The monoisotopic (exact) mass is 369 g/mol. The summed E-state index contributed by atoms with van der Waals surface area (Å²) in [7, 11) is 1.50. The van der Waals surface area contributed by atoms with Gasteiger partial charge in [-0.2, -0.15) is 13.5 Å². The molecular formula is C15H23N5O4S. The fourth-order valence-corrected chi connectivity index (χ4v) is 3.53. The van der Waals surface area contributed by atoms with E-state index in [0.29, 0.717) is 24.0 Å². The van der Waals surface area contributed by atoms with Gasteiger partial charge in [0.05, 0.1) is 19.7 Å². The number of ether oxygens (including phenoxy) is 2. The van der Waals surface area contributed by atoms with Crippen LogP contribution in [0.1, 0.15) is 6.42 Å². The summed E-state index contributed by atoms with van der Waals surface area (Å²) in [5.74, 6) is 2.64. The molecule has 0 atom stereocenters. The third-order valence-corrected chi connectivity index (χ3v) is 5.06. The van der Waals surface area contributed by atoms with Crippen LogP contribution in [0.2, 0.25) is 0 Å². The second-order valence-corrected chi connectivity index (χ2v) is 7.55. The molecule has 0 unspecified atom stereocenters. The summed E-state index contributed by atoms with van der Waals surface area (Å²) in [5, 5.41) is 10.5. The highest BCUT2D eigenvalue weighted by Crippen LogP contribution is 2.38. The Hall–Kier alpha value is -2.04. The number of nitrogens with two attached hydrogens (primary N) is 1. The quantitative estimate of drug-likeness (QED) is 0.722. The lowest BCUT2D eigenvalue weighted by Crippen LogP contribution is -2.48. The van der Waals surface area contributed by atoms with Crippen LogP contribution in [-0.2, 0) is 17.3 Å². The number of nitrogens with one attached hydrogen (secondary N) is 1. The predicted molar refractivity (Wildman–Crippen MR) is 95.2 cm³/mol. The zero-order valence-electron chi connectivity index (χ0n) is 14.5. The molecule has 1 fully saturated rings. The van der Waals surface area contributed by atoms with E-state index in [1.54, 1.807) is 14.2 Å². The molecule has 9 nitrogen and oxygen atoms in total.